The van der Waals surface area contributed by atoms with Crippen LogP contribution in [0.4, 0.5) is 0 Å². The van der Waals surface area contributed by atoms with Gasteiger partial charge in [-0.3, -0.25) is 14.6 Å². The number of thiophene rings is 1. The number of hydrogen-bond acceptors (Lipinski definition) is 4. The van der Waals surface area contributed by atoms with Crippen molar-refractivity contribution in [2.75, 3.05) is 39.3 Å². The Bertz CT molecular complexity index is 768. The highest BCUT2D eigenvalue weighted by molar-refractivity contribution is 14.0. The van der Waals surface area contributed by atoms with E-state index in [1.165, 1.54) is 36.4 Å². The van der Waals surface area contributed by atoms with Crippen LogP contribution in [0.1, 0.15) is 48.6 Å². The first-order valence-electron chi connectivity index (χ1n) is 10.5. The van der Waals surface area contributed by atoms with Gasteiger partial charge in [0.25, 0.3) is 0 Å². The summed E-state index contributed by atoms with van der Waals surface area (Å²) in [5, 5.41) is 10.1. The molecule has 0 bridgehead atoms. The highest BCUT2D eigenvalue weighted by Crippen LogP contribution is 2.30. The molecule has 0 aliphatic carbocycles. The molecule has 8 heteroatoms. The summed E-state index contributed by atoms with van der Waals surface area (Å²) in [7, 11) is 1.99. The van der Waals surface area contributed by atoms with E-state index in [0.717, 1.165) is 38.6 Å². The van der Waals surface area contributed by atoms with Gasteiger partial charge in [-0.25, -0.2) is 0 Å². The molecule has 2 aromatic heterocycles. The van der Waals surface area contributed by atoms with Crippen molar-refractivity contribution < 1.29 is 0 Å². The number of hydrogen-bond donors (Lipinski definition) is 1. The summed E-state index contributed by atoms with van der Waals surface area (Å²) in [5.41, 5.74) is 1.34. The van der Waals surface area contributed by atoms with E-state index in [0.29, 0.717) is 12.0 Å². The smallest absolute Gasteiger partial charge is 0.194 e. The lowest BCUT2D eigenvalue weighted by Gasteiger charge is -2.27. The molecule has 0 amide bonds. The Kier molecular flexibility index (Phi) is 8.37. The van der Waals surface area contributed by atoms with E-state index in [4.69, 9.17) is 4.99 Å². The number of guanidine groups is 1. The minimum Gasteiger partial charge on any atom is -0.357 e. The lowest BCUT2D eigenvalue weighted by molar-refractivity contribution is 0.254. The minimum absolute atomic E-state index is 0. The molecule has 160 valence electrons. The van der Waals surface area contributed by atoms with E-state index < -0.39 is 0 Å². The minimum atomic E-state index is 0. The fourth-order valence-corrected chi connectivity index (χ4v) is 5.25. The number of rotatable bonds is 6. The molecule has 6 nitrogen and oxygen atoms in total. The predicted octanol–water partition coefficient (Wildman–Crippen LogP) is 3.69. The van der Waals surface area contributed by atoms with E-state index in [9.17, 15) is 0 Å². The topological polar surface area (TPSA) is 48.7 Å². The maximum atomic E-state index is 5.11. The summed E-state index contributed by atoms with van der Waals surface area (Å²) in [5.74, 6) is 1.61. The van der Waals surface area contributed by atoms with Crippen LogP contribution < -0.4 is 5.32 Å². The van der Waals surface area contributed by atoms with Gasteiger partial charge >= 0.3 is 0 Å². The summed E-state index contributed by atoms with van der Waals surface area (Å²) in [4.78, 5) is 11.6. The average Bonchev–Trinajstić information content (AvgIpc) is 3.47. The monoisotopic (exact) mass is 528 g/mol. The molecule has 0 spiro atoms. The van der Waals surface area contributed by atoms with Crippen LogP contribution in [0.25, 0.3) is 0 Å². The van der Waals surface area contributed by atoms with Crippen molar-refractivity contribution in [3.8, 4) is 0 Å². The van der Waals surface area contributed by atoms with Crippen LogP contribution in [-0.2, 0) is 7.05 Å². The molecule has 0 radical (unpaired) electrons. The maximum absolute atomic E-state index is 5.11. The van der Waals surface area contributed by atoms with Gasteiger partial charge in [0.1, 0.15) is 0 Å². The third-order valence-electron chi connectivity index (χ3n) is 5.89. The van der Waals surface area contributed by atoms with Crippen molar-refractivity contribution in [1.82, 2.24) is 24.9 Å². The van der Waals surface area contributed by atoms with Gasteiger partial charge < -0.3 is 10.2 Å². The average molecular weight is 529 g/mol. The number of aryl methyl sites for hydroxylation is 1. The van der Waals surface area contributed by atoms with Gasteiger partial charge in [-0.15, -0.1) is 35.3 Å². The number of likely N-dealkylation sites (tertiary alicyclic amines) is 2. The first-order chi connectivity index (χ1) is 13.7. The standard InChI is InChI=1S/C21H32N6S.HI/c1-3-22-21(27-11-8-17(16-27)18-13-24-25(2)15-18)23-14-19(20-7-6-12-28-20)26-9-4-5-10-26;/h6-7,12-13,15,17,19H,3-5,8-11,14,16H2,1-2H3,(H,22,23);1H. The summed E-state index contributed by atoms with van der Waals surface area (Å²) < 4.78 is 1.90. The number of nitrogens with one attached hydrogen (secondary N) is 1. The molecule has 4 heterocycles. The molecule has 2 aromatic rings. The molecule has 2 atom stereocenters. The van der Waals surface area contributed by atoms with Crippen molar-refractivity contribution >= 4 is 41.3 Å². The second-order valence-electron chi connectivity index (χ2n) is 7.85. The van der Waals surface area contributed by atoms with Crippen LogP contribution in [0.5, 0.6) is 0 Å². The Morgan fingerprint density at radius 2 is 2.17 bits per heavy atom. The zero-order valence-corrected chi connectivity index (χ0v) is 20.6. The summed E-state index contributed by atoms with van der Waals surface area (Å²) >= 11 is 1.86. The fourth-order valence-electron chi connectivity index (χ4n) is 4.39. The number of aromatic nitrogens is 2. The summed E-state index contributed by atoms with van der Waals surface area (Å²) in [6.45, 7) is 8.35. The van der Waals surface area contributed by atoms with E-state index in [1.807, 2.05) is 29.3 Å². The summed E-state index contributed by atoms with van der Waals surface area (Å²) in [6, 6.07) is 4.84. The van der Waals surface area contributed by atoms with E-state index in [2.05, 4.69) is 50.8 Å². The van der Waals surface area contributed by atoms with Crippen molar-refractivity contribution in [3.05, 3.63) is 40.3 Å². The molecule has 0 saturated carbocycles. The third kappa shape index (κ3) is 5.52. The van der Waals surface area contributed by atoms with Crippen LogP contribution in [0, 0.1) is 0 Å². The number of halogens is 1. The molecule has 4 rings (SSSR count). The highest BCUT2D eigenvalue weighted by atomic mass is 127. The Labute approximate surface area is 195 Å². The van der Waals surface area contributed by atoms with Gasteiger partial charge in [0.05, 0.1) is 18.8 Å². The van der Waals surface area contributed by atoms with Crippen LogP contribution in [0.2, 0.25) is 0 Å². The largest absolute Gasteiger partial charge is 0.357 e. The van der Waals surface area contributed by atoms with Crippen molar-refractivity contribution in [1.29, 1.82) is 0 Å². The number of aliphatic imine (C=N–C) groups is 1. The molecular weight excluding hydrogens is 495 g/mol. The molecule has 2 saturated heterocycles. The van der Waals surface area contributed by atoms with Gasteiger partial charge in [0.15, 0.2) is 5.96 Å². The second-order valence-corrected chi connectivity index (χ2v) is 8.83. The lowest BCUT2D eigenvalue weighted by atomic mass is 10.0. The second kappa shape index (κ2) is 10.8. The third-order valence-corrected chi connectivity index (χ3v) is 6.86. The fraction of sp³-hybridized carbons (Fsp3) is 0.619. The van der Waals surface area contributed by atoms with E-state index >= 15 is 0 Å². The first-order valence-corrected chi connectivity index (χ1v) is 11.4. The SMILES string of the molecule is CCNC(=NCC(c1cccs1)N1CCCC1)N1CCC(c2cnn(C)c2)C1.I. The maximum Gasteiger partial charge on any atom is 0.194 e. The van der Waals surface area contributed by atoms with Crippen LogP contribution in [-0.4, -0.2) is 64.8 Å². The van der Waals surface area contributed by atoms with Gasteiger partial charge in [0, 0.05) is 43.7 Å². The lowest BCUT2D eigenvalue weighted by Crippen LogP contribution is -2.40. The van der Waals surface area contributed by atoms with Gasteiger partial charge in [-0.1, -0.05) is 6.07 Å². The predicted molar refractivity (Wildman–Crippen MR) is 131 cm³/mol. The van der Waals surface area contributed by atoms with Crippen LogP contribution in [0.3, 0.4) is 0 Å². The van der Waals surface area contributed by atoms with Crippen molar-refractivity contribution in [2.45, 2.75) is 38.1 Å². The van der Waals surface area contributed by atoms with Crippen LogP contribution >= 0.6 is 35.3 Å². The zero-order chi connectivity index (χ0) is 19.3. The Morgan fingerprint density at radius 3 is 2.83 bits per heavy atom. The van der Waals surface area contributed by atoms with Gasteiger partial charge in [0.2, 0.25) is 0 Å². The van der Waals surface area contributed by atoms with Crippen molar-refractivity contribution in [3.63, 3.8) is 0 Å². The summed E-state index contributed by atoms with van der Waals surface area (Å²) in [6.07, 6.45) is 7.95. The highest BCUT2D eigenvalue weighted by Gasteiger charge is 2.28. The molecule has 29 heavy (non-hydrogen) atoms. The number of nitrogens with zero attached hydrogens (tertiary/aromatic N) is 5. The Hall–Kier alpha value is -1.13. The molecular formula is C21H33IN6S. The normalized spacial score (nSPS) is 21.4. The Balaban J connectivity index is 0.00000240. The molecule has 2 aliphatic heterocycles. The van der Waals surface area contributed by atoms with Gasteiger partial charge in [-0.2, -0.15) is 5.10 Å². The van der Waals surface area contributed by atoms with Crippen molar-refractivity contribution in [2.24, 2.45) is 12.0 Å². The molecule has 2 aliphatic rings. The molecule has 0 aromatic carbocycles. The van der Waals surface area contributed by atoms with E-state index in [-0.39, 0.29) is 24.0 Å². The molecule has 1 N–H and O–H groups in total. The van der Waals surface area contributed by atoms with E-state index in [1.54, 1.807) is 0 Å². The zero-order valence-electron chi connectivity index (χ0n) is 17.5. The molecule has 2 unspecified atom stereocenters. The quantitative estimate of drug-likeness (QED) is 0.353. The van der Waals surface area contributed by atoms with Gasteiger partial charge in [-0.05, 0) is 56.3 Å². The molecule has 2 fully saturated rings. The van der Waals surface area contributed by atoms with Crippen LogP contribution in [0.15, 0.2) is 34.9 Å². The first kappa shape index (κ1) is 22.6. The Morgan fingerprint density at radius 1 is 1.34 bits per heavy atom.